The summed E-state index contributed by atoms with van der Waals surface area (Å²) in [5.74, 6) is 0.219. The van der Waals surface area contributed by atoms with Crippen molar-refractivity contribution in [1.82, 2.24) is 15.1 Å². The molecular weight excluding hydrogens is 320 g/mol. The van der Waals surface area contributed by atoms with Gasteiger partial charge in [0, 0.05) is 11.1 Å². The van der Waals surface area contributed by atoms with Gasteiger partial charge in [-0.05, 0) is 39.8 Å². The smallest absolute Gasteiger partial charge is 0.410 e. The molecule has 132 valence electrons. The van der Waals surface area contributed by atoms with E-state index in [9.17, 15) is 9.59 Å². The monoisotopic (exact) mass is 342 g/mol. The van der Waals surface area contributed by atoms with E-state index < -0.39 is 5.60 Å². The Hall–Kier alpha value is -2.83. The average molecular weight is 342 g/mol. The third-order valence-corrected chi connectivity index (χ3v) is 3.85. The Bertz CT molecular complexity index is 803. The first-order valence-corrected chi connectivity index (χ1v) is 8.15. The Labute approximate surface area is 146 Å². The molecule has 0 saturated heterocycles. The molecule has 2 amide bonds. The van der Waals surface area contributed by atoms with Crippen LogP contribution in [0.5, 0.6) is 0 Å². The average Bonchev–Trinajstić information content (AvgIpc) is 3.08. The van der Waals surface area contributed by atoms with Gasteiger partial charge in [-0.1, -0.05) is 17.7 Å². The van der Waals surface area contributed by atoms with E-state index in [0.29, 0.717) is 24.5 Å². The van der Waals surface area contributed by atoms with Crippen LogP contribution < -0.4 is 5.32 Å². The Morgan fingerprint density at radius 1 is 1.20 bits per heavy atom. The van der Waals surface area contributed by atoms with Crippen molar-refractivity contribution >= 4 is 17.8 Å². The summed E-state index contributed by atoms with van der Waals surface area (Å²) in [6.07, 6.45) is -0.382. The van der Waals surface area contributed by atoms with Crippen molar-refractivity contribution in [3.8, 4) is 0 Å². The minimum Gasteiger partial charge on any atom is -0.444 e. The number of fused-ring (bicyclic) bond motifs is 1. The van der Waals surface area contributed by atoms with Crippen LogP contribution in [-0.2, 0) is 17.8 Å². The van der Waals surface area contributed by atoms with Crippen molar-refractivity contribution in [3.63, 3.8) is 0 Å². The predicted octanol–water partition coefficient (Wildman–Crippen LogP) is 3.22. The van der Waals surface area contributed by atoms with E-state index in [1.54, 1.807) is 17.0 Å². The third-order valence-electron chi connectivity index (χ3n) is 3.85. The maximum Gasteiger partial charge on any atom is 0.410 e. The highest BCUT2D eigenvalue weighted by atomic mass is 16.6. The largest absolute Gasteiger partial charge is 0.444 e. The molecule has 0 radical (unpaired) electrons. The zero-order valence-electron chi connectivity index (χ0n) is 14.8. The Balaban J connectivity index is 1.69. The molecule has 0 unspecified atom stereocenters. The topological polar surface area (TPSA) is 87.3 Å². The Morgan fingerprint density at radius 2 is 1.88 bits per heavy atom. The molecule has 0 bridgehead atoms. The number of aryl methyl sites for hydroxylation is 1. The fraction of sp³-hybridized carbons (Fsp3) is 0.389. The number of rotatable bonds is 2. The van der Waals surface area contributed by atoms with E-state index in [1.165, 1.54) is 0 Å². The van der Waals surface area contributed by atoms with Crippen molar-refractivity contribution in [2.24, 2.45) is 0 Å². The number of ether oxygens (including phenoxy) is 1. The number of aromatic nitrogens is 2. The molecule has 2 heterocycles. The van der Waals surface area contributed by atoms with Crippen molar-refractivity contribution in [3.05, 3.63) is 46.6 Å². The number of aromatic amines is 1. The first-order chi connectivity index (χ1) is 11.7. The van der Waals surface area contributed by atoms with Gasteiger partial charge in [-0.2, -0.15) is 5.10 Å². The van der Waals surface area contributed by atoms with E-state index in [-0.39, 0.29) is 12.0 Å². The molecule has 25 heavy (non-hydrogen) atoms. The van der Waals surface area contributed by atoms with Gasteiger partial charge in [0.25, 0.3) is 5.91 Å². The lowest BCUT2D eigenvalue weighted by molar-refractivity contribution is 0.0240. The second-order valence-electron chi connectivity index (χ2n) is 7.19. The van der Waals surface area contributed by atoms with Crippen LogP contribution in [0.4, 0.5) is 10.6 Å². The Kier molecular flexibility index (Phi) is 4.24. The summed E-state index contributed by atoms with van der Waals surface area (Å²) in [5.41, 5.74) is 2.72. The van der Waals surface area contributed by atoms with Crippen molar-refractivity contribution in [1.29, 1.82) is 0 Å². The minimum absolute atomic E-state index is 0.231. The highest BCUT2D eigenvalue weighted by Crippen LogP contribution is 2.28. The van der Waals surface area contributed by atoms with Crippen LogP contribution in [0.25, 0.3) is 0 Å². The number of benzene rings is 1. The lowest BCUT2D eigenvalue weighted by Crippen LogP contribution is -2.33. The molecule has 0 fully saturated rings. The van der Waals surface area contributed by atoms with Crippen molar-refractivity contribution in [2.45, 2.75) is 46.4 Å². The molecule has 1 aliphatic rings. The molecule has 2 N–H and O–H groups in total. The summed E-state index contributed by atoms with van der Waals surface area (Å²) >= 11 is 0. The number of carbonyl (C=O) groups is 2. The van der Waals surface area contributed by atoms with Crippen molar-refractivity contribution in [2.75, 3.05) is 5.32 Å². The normalized spacial score (nSPS) is 13.5. The van der Waals surface area contributed by atoms with Crippen LogP contribution in [0.3, 0.4) is 0 Å². The molecule has 2 aromatic rings. The zero-order valence-corrected chi connectivity index (χ0v) is 14.8. The molecule has 7 nitrogen and oxygen atoms in total. The maximum atomic E-state index is 12.4. The molecule has 1 aliphatic heterocycles. The van der Waals surface area contributed by atoms with Crippen LogP contribution in [0.1, 0.15) is 48.0 Å². The fourth-order valence-corrected chi connectivity index (χ4v) is 2.58. The summed E-state index contributed by atoms with van der Waals surface area (Å²) in [6, 6.07) is 7.30. The Morgan fingerprint density at radius 3 is 2.52 bits per heavy atom. The number of amides is 2. The molecule has 7 heteroatoms. The quantitative estimate of drug-likeness (QED) is 0.877. The standard InChI is InChI=1S/C18H22N4O3/c1-11-5-7-12(8-6-11)16(23)19-15-13-9-22(10-14(13)20-21-15)17(24)25-18(2,3)4/h5-8H,9-10H2,1-4H3,(H2,19,20,21,23). The number of H-pyrrole nitrogens is 1. The van der Waals surface area contributed by atoms with Crippen LogP contribution in [0, 0.1) is 6.92 Å². The van der Waals surface area contributed by atoms with Gasteiger partial charge in [0.15, 0.2) is 5.82 Å². The summed E-state index contributed by atoms with van der Waals surface area (Å²) in [5, 5.41) is 9.84. The molecule has 1 aromatic carbocycles. The third kappa shape index (κ3) is 3.81. The predicted molar refractivity (Wildman–Crippen MR) is 93.2 cm³/mol. The second-order valence-corrected chi connectivity index (χ2v) is 7.19. The first-order valence-electron chi connectivity index (χ1n) is 8.15. The number of nitrogens with zero attached hydrogens (tertiary/aromatic N) is 2. The number of carbonyl (C=O) groups excluding carboxylic acids is 2. The van der Waals surface area contributed by atoms with Crippen LogP contribution in [0.2, 0.25) is 0 Å². The molecule has 0 atom stereocenters. The molecule has 0 aliphatic carbocycles. The molecule has 0 saturated carbocycles. The highest BCUT2D eigenvalue weighted by Gasteiger charge is 2.31. The van der Waals surface area contributed by atoms with Crippen LogP contribution in [-0.4, -0.2) is 32.7 Å². The lowest BCUT2D eigenvalue weighted by atomic mass is 10.1. The SMILES string of the molecule is Cc1ccc(C(=O)Nc2n[nH]c3c2CN(C(=O)OC(C)(C)C)C3)cc1. The number of anilines is 1. The molecule has 3 rings (SSSR count). The molecule has 1 aromatic heterocycles. The van der Waals surface area contributed by atoms with E-state index in [4.69, 9.17) is 4.74 Å². The van der Waals surface area contributed by atoms with E-state index in [2.05, 4.69) is 15.5 Å². The van der Waals surface area contributed by atoms with Gasteiger partial charge < -0.3 is 10.1 Å². The van der Waals surface area contributed by atoms with Crippen molar-refractivity contribution < 1.29 is 14.3 Å². The molecule has 0 spiro atoms. The van der Waals surface area contributed by atoms with Crippen LogP contribution >= 0.6 is 0 Å². The zero-order chi connectivity index (χ0) is 18.2. The minimum atomic E-state index is -0.547. The number of hydrogen-bond donors (Lipinski definition) is 2. The van der Waals surface area contributed by atoms with Gasteiger partial charge >= 0.3 is 6.09 Å². The van der Waals surface area contributed by atoms with Gasteiger partial charge in [0.05, 0.1) is 18.8 Å². The fourth-order valence-electron chi connectivity index (χ4n) is 2.58. The first kappa shape index (κ1) is 17.0. The van der Waals surface area contributed by atoms with Gasteiger partial charge in [0.1, 0.15) is 5.60 Å². The summed E-state index contributed by atoms with van der Waals surface area (Å²) in [7, 11) is 0. The summed E-state index contributed by atoms with van der Waals surface area (Å²) < 4.78 is 5.39. The van der Waals surface area contributed by atoms with Crippen LogP contribution in [0.15, 0.2) is 24.3 Å². The van der Waals surface area contributed by atoms with Gasteiger partial charge in [-0.25, -0.2) is 4.79 Å². The number of hydrogen-bond acceptors (Lipinski definition) is 4. The maximum absolute atomic E-state index is 12.4. The molecular formula is C18H22N4O3. The van der Waals surface area contributed by atoms with Gasteiger partial charge in [0.2, 0.25) is 0 Å². The van der Waals surface area contributed by atoms with E-state index in [1.807, 2.05) is 39.8 Å². The van der Waals surface area contributed by atoms with E-state index >= 15 is 0 Å². The summed E-state index contributed by atoms with van der Waals surface area (Å²) in [6.45, 7) is 8.19. The van der Waals surface area contributed by atoms with Gasteiger partial charge in [-0.3, -0.25) is 14.8 Å². The second kappa shape index (κ2) is 6.23. The van der Waals surface area contributed by atoms with E-state index in [0.717, 1.165) is 16.8 Å². The number of nitrogens with one attached hydrogen (secondary N) is 2. The lowest BCUT2D eigenvalue weighted by Gasteiger charge is -2.24. The summed E-state index contributed by atoms with van der Waals surface area (Å²) in [4.78, 5) is 26.1. The highest BCUT2D eigenvalue weighted by molar-refractivity contribution is 6.04. The van der Waals surface area contributed by atoms with Gasteiger partial charge in [-0.15, -0.1) is 0 Å².